The van der Waals surface area contributed by atoms with Gasteiger partial charge in [-0.15, -0.1) is 0 Å². The molecule has 0 aliphatic rings. The standard InChI is InChI=1S/C14H19NO2/c1-3-12-10-11(8-9-13(12)15)6-5-7-14(16)17-4-2/h5-6,8-10H,3-4,7,15H2,1-2H3. The van der Waals surface area contributed by atoms with Gasteiger partial charge >= 0.3 is 5.97 Å². The molecule has 3 nitrogen and oxygen atoms in total. The summed E-state index contributed by atoms with van der Waals surface area (Å²) in [6, 6.07) is 5.87. The fraction of sp³-hybridized carbons (Fsp3) is 0.357. The van der Waals surface area contributed by atoms with Gasteiger partial charge in [0.15, 0.2) is 0 Å². The number of esters is 1. The van der Waals surface area contributed by atoms with E-state index in [-0.39, 0.29) is 5.97 Å². The van der Waals surface area contributed by atoms with Crippen molar-refractivity contribution in [2.45, 2.75) is 26.7 Å². The molecule has 0 atom stereocenters. The second-order valence-electron chi connectivity index (χ2n) is 3.72. The Labute approximate surface area is 102 Å². The van der Waals surface area contributed by atoms with Crippen LogP contribution in [0.2, 0.25) is 0 Å². The summed E-state index contributed by atoms with van der Waals surface area (Å²) in [5.41, 5.74) is 8.82. The lowest BCUT2D eigenvalue weighted by atomic mass is 10.1. The zero-order valence-corrected chi connectivity index (χ0v) is 10.4. The Balaban J connectivity index is 2.62. The molecule has 0 unspecified atom stereocenters. The van der Waals surface area contributed by atoms with Crippen LogP contribution in [-0.2, 0) is 16.0 Å². The van der Waals surface area contributed by atoms with E-state index in [1.54, 1.807) is 6.92 Å². The predicted molar refractivity (Wildman–Crippen MR) is 70.5 cm³/mol. The molecule has 0 saturated carbocycles. The van der Waals surface area contributed by atoms with Crippen molar-refractivity contribution < 1.29 is 9.53 Å². The quantitative estimate of drug-likeness (QED) is 0.628. The topological polar surface area (TPSA) is 52.3 Å². The lowest BCUT2D eigenvalue weighted by Gasteiger charge is -2.03. The molecule has 0 aliphatic heterocycles. The number of benzene rings is 1. The van der Waals surface area contributed by atoms with Crippen molar-refractivity contribution >= 4 is 17.7 Å². The van der Waals surface area contributed by atoms with E-state index in [1.807, 2.05) is 30.4 Å². The van der Waals surface area contributed by atoms with Gasteiger partial charge in [0.25, 0.3) is 0 Å². The molecule has 0 radical (unpaired) electrons. The third-order valence-corrected chi connectivity index (χ3v) is 2.45. The molecule has 1 aromatic carbocycles. The van der Waals surface area contributed by atoms with Gasteiger partial charge in [-0.1, -0.05) is 25.1 Å². The summed E-state index contributed by atoms with van der Waals surface area (Å²) in [7, 11) is 0. The Morgan fingerprint density at radius 3 is 2.82 bits per heavy atom. The molecule has 17 heavy (non-hydrogen) atoms. The molecule has 2 N–H and O–H groups in total. The molecule has 3 heteroatoms. The van der Waals surface area contributed by atoms with E-state index >= 15 is 0 Å². The van der Waals surface area contributed by atoms with E-state index in [4.69, 9.17) is 10.5 Å². The summed E-state index contributed by atoms with van der Waals surface area (Å²) in [5, 5.41) is 0. The molecule has 0 aliphatic carbocycles. The number of carbonyl (C=O) groups is 1. The fourth-order valence-corrected chi connectivity index (χ4v) is 1.55. The first kappa shape index (κ1) is 13.3. The van der Waals surface area contributed by atoms with Crippen molar-refractivity contribution in [1.29, 1.82) is 0 Å². The van der Waals surface area contributed by atoms with Gasteiger partial charge in [0, 0.05) is 5.69 Å². The molecular weight excluding hydrogens is 214 g/mol. The van der Waals surface area contributed by atoms with Gasteiger partial charge in [-0.3, -0.25) is 4.79 Å². The molecule has 1 rings (SSSR count). The third-order valence-electron chi connectivity index (χ3n) is 2.45. The second kappa shape index (κ2) is 6.74. The number of carbonyl (C=O) groups excluding carboxylic acids is 1. The molecule has 0 aromatic heterocycles. The van der Waals surface area contributed by atoms with Crippen LogP contribution in [0.5, 0.6) is 0 Å². The largest absolute Gasteiger partial charge is 0.466 e. The highest BCUT2D eigenvalue weighted by Gasteiger charge is 1.98. The van der Waals surface area contributed by atoms with Crippen molar-refractivity contribution in [3.05, 3.63) is 35.4 Å². The smallest absolute Gasteiger partial charge is 0.309 e. The number of aryl methyl sites for hydroxylation is 1. The summed E-state index contributed by atoms with van der Waals surface area (Å²) >= 11 is 0. The molecule has 1 aromatic rings. The van der Waals surface area contributed by atoms with Gasteiger partial charge < -0.3 is 10.5 Å². The number of ether oxygens (including phenoxy) is 1. The van der Waals surface area contributed by atoms with E-state index in [0.29, 0.717) is 13.0 Å². The SMILES string of the molecule is CCOC(=O)CC=Cc1ccc(N)c(CC)c1. The minimum atomic E-state index is -0.199. The number of hydrogen-bond donors (Lipinski definition) is 1. The summed E-state index contributed by atoms with van der Waals surface area (Å²) in [4.78, 5) is 11.1. The first-order valence-electron chi connectivity index (χ1n) is 5.88. The minimum absolute atomic E-state index is 0.199. The van der Waals surface area contributed by atoms with E-state index in [0.717, 1.165) is 23.2 Å². The van der Waals surface area contributed by atoms with Crippen molar-refractivity contribution in [2.24, 2.45) is 0 Å². The van der Waals surface area contributed by atoms with Crippen molar-refractivity contribution in [2.75, 3.05) is 12.3 Å². The van der Waals surface area contributed by atoms with Crippen molar-refractivity contribution in [3.8, 4) is 0 Å². The number of hydrogen-bond acceptors (Lipinski definition) is 3. The van der Waals surface area contributed by atoms with Crippen LogP contribution in [0.15, 0.2) is 24.3 Å². The Kier molecular flexibility index (Phi) is 5.27. The average Bonchev–Trinajstić information content (AvgIpc) is 2.31. The number of nitrogens with two attached hydrogens (primary N) is 1. The summed E-state index contributed by atoms with van der Waals surface area (Å²) < 4.78 is 4.83. The van der Waals surface area contributed by atoms with Gasteiger partial charge in [0.1, 0.15) is 0 Å². The van der Waals surface area contributed by atoms with Crippen LogP contribution in [-0.4, -0.2) is 12.6 Å². The summed E-state index contributed by atoms with van der Waals surface area (Å²) in [5.74, 6) is -0.199. The first-order valence-corrected chi connectivity index (χ1v) is 5.88. The number of rotatable bonds is 5. The highest BCUT2D eigenvalue weighted by molar-refractivity contribution is 5.72. The Hall–Kier alpha value is -1.77. The highest BCUT2D eigenvalue weighted by atomic mass is 16.5. The highest BCUT2D eigenvalue weighted by Crippen LogP contribution is 2.15. The van der Waals surface area contributed by atoms with Crippen LogP contribution in [0.3, 0.4) is 0 Å². The van der Waals surface area contributed by atoms with Gasteiger partial charge in [0.05, 0.1) is 13.0 Å². The maximum atomic E-state index is 11.1. The number of nitrogen functional groups attached to an aromatic ring is 1. The van der Waals surface area contributed by atoms with Crippen LogP contribution in [0.1, 0.15) is 31.4 Å². The molecule has 0 heterocycles. The number of anilines is 1. The summed E-state index contributed by atoms with van der Waals surface area (Å²) in [6.45, 7) is 4.29. The van der Waals surface area contributed by atoms with E-state index in [1.165, 1.54) is 0 Å². The average molecular weight is 233 g/mol. The van der Waals surface area contributed by atoms with Gasteiger partial charge in [0.2, 0.25) is 0 Å². The first-order chi connectivity index (χ1) is 8.17. The van der Waals surface area contributed by atoms with E-state index < -0.39 is 0 Å². The van der Waals surface area contributed by atoms with E-state index in [9.17, 15) is 4.79 Å². The molecular formula is C14H19NO2. The van der Waals surface area contributed by atoms with Crippen LogP contribution in [0.4, 0.5) is 5.69 Å². The normalized spacial score (nSPS) is 10.7. The van der Waals surface area contributed by atoms with Crippen molar-refractivity contribution in [1.82, 2.24) is 0 Å². The summed E-state index contributed by atoms with van der Waals surface area (Å²) in [6.07, 6.45) is 4.93. The lowest BCUT2D eigenvalue weighted by molar-refractivity contribution is -0.142. The molecule has 92 valence electrons. The van der Waals surface area contributed by atoms with Crippen molar-refractivity contribution in [3.63, 3.8) is 0 Å². The maximum Gasteiger partial charge on any atom is 0.309 e. The van der Waals surface area contributed by atoms with E-state index in [2.05, 4.69) is 6.92 Å². The van der Waals surface area contributed by atoms with Gasteiger partial charge in [-0.25, -0.2) is 0 Å². The Morgan fingerprint density at radius 1 is 1.41 bits per heavy atom. The monoisotopic (exact) mass is 233 g/mol. The second-order valence-corrected chi connectivity index (χ2v) is 3.72. The zero-order chi connectivity index (χ0) is 12.7. The molecule has 0 saturated heterocycles. The Morgan fingerprint density at radius 2 is 2.18 bits per heavy atom. The molecule has 0 amide bonds. The van der Waals surface area contributed by atoms with Crippen LogP contribution >= 0.6 is 0 Å². The molecule has 0 spiro atoms. The van der Waals surface area contributed by atoms with Crippen LogP contribution in [0.25, 0.3) is 6.08 Å². The fourth-order valence-electron chi connectivity index (χ4n) is 1.55. The Bertz CT molecular complexity index is 411. The maximum absolute atomic E-state index is 11.1. The van der Waals surface area contributed by atoms with Gasteiger partial charge in [-0.2, -0.15) is 0 Å². The van der Waals surface area contributed by atoms with Crippen LogP contribution < -0.4 is 5.73 Å². The van der Waals surface area contributed by atoms with Gasteiger partial charge in [-0.05, 0) is 36.6 Å². The zero-order valence-electron chi connectivity index (χ0n) is 10.4. The lowest BCUT2D eigenvalue weighted by Crippen LogP contribution is -2.01. The molecule has 0 fully saturated rings. The molecule has 0 bridgehead atoms. The minimum Gasteiger partial charge on any atom is -0.466 e. The van der Waals surface area contributed by atoms with Crippen LogP contribution in [0, 0.1) is 0 Å². The third kappa shape index (κ3) is 4.31. The predicted octanol–water partition coefficient (Wildman–Crippen LogP) is 2.80.